The standard InChI is InChI=1S/C28H35ClN6OS/c1-22-9-7-8-12-24(22)33-15-17-34(18-16-33)26-19-25(29)30-28(31-26)37-21-27(36)35(14-13-32(2)3)20-23-10-5-4-6-11-23/h4-12,19H,13-18,20-21H2,1-3H3. The van der Waals surface area contributed by atoms with E-state index in [0.29, 0.717) is 23.4 Å². The van der Waals surface area contributed by atoms with Crippen LogP contribution in [0.2, 0.25) is 5.15 Å². The minimum Gasteiger partial charge on any atom is -0.368 e. The van der Waals surface area contributed by atoms with Crippen LogP contribution >= 0.6 is 23.4 Å². The molecule has 3 aromatic rings. The van der Waals surface area contributed by atoms with Crippen LogP contribution in [0.1, 0.15) is 11.1 Å². The van der Waals surface area contributed by atoms with Crippen molar-refractivity contribution in [1.82, 2.24) is 19.8 Å². The first-order chi connectivity index (χ1) is 17.9. The Bertz CT molecular complexity index is 1170. The van der Waals surface area contributed by atoms with E-state index in [9.17, 15) is 4.79 Å². The van der Waals surface area contributed by atoms with Gasteiger partial charge in [-0.1, -0.05) is 71.9 Å². The Hall–Kier alpha value is -2.81. The smallest absolute Gasteiger partial charge is 0.233 e. The second-order valence-corrected chi connectivity index (χ2v) is 10.8. The Morgan fingerprint density at radius 1 is 0.946 bits per heavy atom. The Morgan fingerprint density at radius 3 is 2.32 bits per heavy atom. The molecule has 0 unspecified atom stereocenters. The number of para-hydroxylation sites is 1. The third kappa shape index (κ3) is 7.84. The molecule has 7 nitrogen and oxygen atoms in total. The number of carbonyl (C=O) groups is 1. The van der Waals surface area contributed by atoms with Crippen LogP contribution in [-0.2, 0) is 11.3 Å². The van der Waals surface area contributed by atoms with Gasteiger partial charge in [0.1, 0.15) is 11.0 Å². The van der Waals surface area contributed by atoms with Gasteiger partial charge in [0.2, 0.25) is 5.91 Å². The van der Waals surface area contributed by atoms with Gasteiger partial charge in [-0.15, -0.1) is 0 Å². The molecule has 0 saturated carbocycles. The van der Waals surface area contributed by atoms with Crippen LogP contribution in [0.25, 0.3) is 0 Å². The third-order valence-corrected chi connectivity index (χ3v) is 7.46. The molecular weight excluding hydrogens is 504 g/mol. The zero-order valence-electron chi connectivity index (χ0n) is 21.8. The molecule has 0 atom stereocenters. The molecular formula is C28H35ClN6OS. The van der Waals surface area contributed by atoms with Crippen molar-refractivity contribution in [3.05, 3.63) is 76.9 Å². The highest BCUT2D eigenvalue weighted by Gasteiger charge is 2.21. The van der Waals surface area contributed by atoms with Crippen LogP contribution < -0.4 is 9.80 Å². The molecule has 2 heterocycles. The van der Waals surface area contributed by atoms with Crippen molar-refractivity contribution in [3.63, 3.8) is 0 Å². The number of thioether (sulfide) groups is 1. The lowest BCUT2D eigenvalue weighted by Crippen LogP contribution is -2.47. The summed E-state index contributed by atoms with van der Waals surface area (Å²) in [5, 5.41) is 0.930. The normalized spacial score (nSPS) is 13.8. The number of hydrogen-bond donors (Lipinski definition) is 0. The van der Waals surface area contributed by atoms with Gasteiger partial charge in [-0.2, -0.15) is 0 Å². The molecule has 4 rings (SSSR count). The average Bonchev–Trinajstić information content (AvgIpc) is 2.90. The maximum Gasteiger partial charge on any atom is 0.233 e. The molecule has 2 aromatic carbocycles. The molecule has 1 fully saturated rings. The van der Waals surface area contributed by atoms with Gasteiger partial charge in [0.05, 0.1) is 5.75 Å². The maximum atomic E-state index is 13.2. The van der Waals surface area contributed by atoms with E-state index >= 15 is 0 Å². The minimum atomic E-state index is 0.0627. The van der Waals surface area contributed by atoms with Gasteiger partial charge in [-0.3, -0.25) is 4.79 Å². The van der Waals surface area contributed by atoms with E-state index in [4.69, 9.17) is 16.6 Å². The van der Waals surface area contributed by atoms with Crippen LogP contribution in [0.15, 0.2) is 65.8 Å². The first-order valence-corrected chi connectivity index (χ1v) is 13.9. The molecule has 0 aliphatic carbocycles. The van der Waals surface area contributed by atoms with Gasteiger partial charge >= 0.3 is 0 Å². The Balaban J connectivity index is 1.37. The molecule has 1 aliphatic rings. The molecule has 1 amide bonds. The van der Waals surface area contributed by atoms with Crippen molar-refractivity contribution in [2.45, 2.75) is 18.6 Å². The molecule has 1 saturated heterocycles. The lowest BCUT2D eigenvalue weighted by Gasteiger charge is -2.37. The number of halogens is 1. The van der Waals surface area contributed by atoms with Crippen molar-refractivity contribution < 1.29 is 4.79 Å². The van der Waals surface area contributed by atoms with E-state index in [0.717, 1.165) is 44.1 Å². The summed E-state index contributed by atoms with van der Waals surface area (Å²) < 4.78 is 0. The monoisotopic (exact) mass is 538 g/mol. The van der Waals surface area contributed by atoms with Gasteiger partial charge in [0.25, 0.3) is 0 Å². The van der Waals surface area contributed by atoms with Crippen LogP contribution in [-0.4, -0.2) is 84.8 Å². The summed E-state index contributed by atoms with van der Waals surface area (Å²) in [6.07, 6.45) is 0. The molecule has 0 bridgehead atoms. The summed E-state index contributed by atoms with van der Waals surface area (Å²) in [7, 11) is 4.03. The summed E-state index contributed by atoms with van der Waals surface area (Å²) in [4.78, 5) is 31.0. The van der Waals surface area contributed by atoms with Crippen molar-refractivity contribution in [2.75, 3.05) is 68.9 Å². The minimum absolute atomic E-state index is 0.0627. The van der Waals surface area contributed by atoms with E-state index in [1.54, 1.807) is 0 Å². The fourth-order valence-corrected chi connectivity index (χ4v) is 5.32. The maximum absolute atomic E-state index is 13.2. The first-order valence-electron chi connectivity index (χ1n) is 12.6. The summed E-state index contributed by atoms with van der Waals surface area (Å²) >= 11 is 7.73. The van der Waals surface area contributed by atoms with Crippen LogP contribution in [0.4, 0.5) is 11.5 Å². The van der Waals surface area contributed by atoms with Crippen molar-refractivity contribution in [3.8, 4) is 0 Å². The van der Waals surface area contributed by atoms with Gasteiger partial charge in [0, 0.05) is 57.6 Å². The number of nitrogens with zero attached hydrogens (tertiary/aromatic N) is 6. The summed E-state index contributed by atoms with van der Waals surface area (Å²) in [5.74, 6) is 1.14. The lowest BCUT2D eigenvalue weighted by molar-refractivity contribution is -0.129. The molecule has 37 heavy (non-hydrogen) atoms. The second-order valence-electron chi connectivity index (χ2n) is 9.48. The van der Waals surface area contributed by atoms with Crippen LogP contribution in [0.5, 0.6) is 0 Å². The number of rotatable bonds is 10. The molecule has 9 heteroatoms. The van der Waals surface area contributed by atoms with Gasteiger partial charge < -0.3 is 19.6 Å². The molecule has 0 N–H and O–H groups in total. The van der Waals surface area contributed by atoms with E-state index < -0.39 is 0 Å². The Morgan fingerprint density at radius 2 is 1.62 bits per heavy atom. The predicted octanol–water partition coefficient (Wildman–Crippen LogP) is 4.45. The predicted molar refractivity (Wildman–Crippen MR) is 154 cm³/mol. The fraction of sp³-hybridized carbons (Fsp3) is 0.393. The lowest BCUT2D eigenvalue weighted by atomic mass is 10.1. The zero-order valence-corrected chi connectivity index (χ0v) is 23.4. The SMILES string of the molecule is Cc1ccccc1N1CCN(c2cc(Cl)nc(SCC(=O)N(CCN(C)C)Cc3ccccc3)n2)CC1. The Labute approximate surface area is 229 Å². The van der Waals surface area contributed by atoms with Gasteiger partial charge in [-0.25, -0.2) is 9.97 Å². The number of aromatic nitrogens is 2. The second kappa shape index (κ2) is 13.1. The van der Waals surface area contributed by atoms with Crippen LogP contribution in [0, 0.1) is 6.92 Å². The molecule has 0 radical (unpaired) electrons. The quantitative estimate of drug-likeness (QED) is 0.215. The Kier molecular flexibility index (Phi) is 9.66. The van der Waals surface area contributed by atoms with E-state index in [-0.39, 0.29) is 11.7 Å². The van der Waals surface area contributed by atoms with Gasteiger partial charge in [0.15, 0.2) is 5.16 Å². The first kappa shape index (κ1) is 27.2. The topological polar surface area (TPSA) is 55.8 Å². The molecule has 1 aliphatic heterocycles. The van der Waals surface area contributed by atoms with E-state index in [1.807, 2.05) is 55.4 Å². The average molecular weight is 539 g/mol. The number of carbonyl (C=O) groups excluding carboxylic acids is 1. The van der Waals surface area contributed by atoms with Crippen molar-refractivity contribution in [1.29, 1.82) is 0 Å². The number of aryl methyl sites for hydroxylation is 1. The van der Waals surface area contributed by atoms with Gasteiger partial charge in [-0.05, 0) is 38.2 Å². The zero-order chi connectivity index (χ0) is 26.2. The highest BCUT2D eigenvalue weighted by molar-refractivity contribution is 7.99. The van der Waals surface area contributed by atoms with E-state index in [1.165, 1.54) is 23.0 Å². The summed E-state index contributed by atoms with van der Waals surface area (Å²) in [5.41, 5.74) is 3.69. The van der Waals surface area contributed by atoms with Crippen LogP contribution in [0.3, 0.4) is 0 Å². The third-order valence-electron chi connectivity index (χ3n) is 6.43. The number of benzene rings is 2. The summed E-state index contributed by atoms with van der Waals surface area (Å²) in [6.45, 7) is 7.71. The summed E-state index contributed by atoms with van der Waals surface area (Å²) in [6, 6.07) is 20.4. The van der Waals surface area contributed by atoms with E-state index in [2.05, 4.69) is 50.9 Å². The number of anilines is 2. The number of piperazine rings is 1. The fourth-order valence-electron chi connectivity index (χ4n) is 4.34. The highest BCUT2D eigenvalue weighted by Crippen LogP contribution is 2.26. The van der Waals surface area contributed by atoms with Crippen molar-refractivity contribution in [2.24, 2.45) is 0 Å². The molecule has 1 aromatic heterocycles. The number of amides is 1. The van der Waals surface area contributed by atoms with Crippen molar-refractivity contribution >= 4 is 40.8 Å². The number of likely N-dealkylation sites (N-methyl/N-ethyl adjacent to an activating group) is 1. The molecule has 196 valence electrons. The molecule has 0 spiro atoms. The highest BCUT2D eigenvalue weighted by atomic mass is 35.5. The number of hydrogen-bond acceptors (Lipinski definition) is 7. The largest absolute Gasteiger partial charge is 0.368 e.